The summed E-state index contributed by atoms with van der Waals surface area (Å²) < 4.78 is 0. The molecule has 0 bridgehead atoms. The zero-order chi connectivity index (χ0) is 13.9. The van der Waals surface area contributed by atoms with Gasteiger partial charge in [0.2, 0.25) is 0 Å². The predicted octanol–water partition coefficient (Wildman–Crippen LogP) is 5.36. The Balaban J connectivity index is 2.20. The molecule has 3 heteroatoms. The highest BCUT2D eigenvalue weighted by Gasteiger charge is 2.01. The maximum Gasteiger partial charge on any atom is 0.269 e. The van der Waals surface area contributed by atoms with Crippen molar-refractivity contribution in [3.05, 3.63) is 46.0 Å². The molecule has 0 heterocycles. The Morgan fingerprint density at radius 2 is 1.68 bits per heavy atom. The first-order chi connectivity index (χ1) is 9.24. The van der Waals surface area contributed by atoms with Crippen LogP contribution in [0.25, 0.3) is 6.08 Å². The van der Waals surface area contributed by atoms with Gasteiger partial charge in [-0.1, -0.05) is 51.2 Å². The second-order valence-corrected chi connectivity index (χ2v) is 4.81. The third-order valence-electron chi connectivity index (χ3n) is 3.14. The number of non-ortho nitro benzene ring substituents is 1. The molecule has 0 saturated carbocycles. The van der Waals surface area contributed by atoms with Crippen molar-refractivity contribution in [2.75, 3.05) is 0 Å². The molecule has 3 nitrogen and oxygen atoms in total. The highest BCUT2D eigenvalue weighted by molar-refractivity contribution is 5.51. The molecule has 0 N–H and O–H groups in total. The molecule has 1 aromatic rings. The van der Waals surface area contributed by atoms with Crippen LogP contribution in [0.1, 0.15) is 57.4 Å². The van der Waals surface area contributed by atoms with Gasteiger partial charge in [-0.2, -0.15) is 0 Å². The average molecular weight is 261 g/mol. The molecule has 1 rings (SSSR count). The molecule has 0 radical (unpaired) electrons. The SMILES string of the molecule is CCCCCCCCC=Cc1ccc([N+](=O)[O-])cc1. The van der Waals surface area contributed by atoms with Crippen LogP contribution in [0.15, 0.2) is 30.3 Å². The van der Waals surface area contributed by atoms with Gasteiger partial charge < -0.3 is 0 Å². The minimum Gasteiger partial charge on any atom is -0.258 e. The molecule has 0 amide bonds. The van der Waals surface area contributed by atoms with Crippen molar-refractivity contribution >= 4 is 11.8 Å². The first-order valence-corrected chi connectivity index (χ1v) is 7.15. The molecule has 0 aliphatic carbocycles. The Bertz CT molecular complexity index is 396. The van der Waals surface area contributed by atoms with E-state index in [2.05, 4.69) is 13.0 Å². The molecule has 0 aromatic heterocycles. The monoisotopic (exact) mass is 261 g/mol. The summed E-state index contributed by atoms with van der Waals surface area (Å²) in [6.07, 6.45) is 13.1. The Morgan fingerprint density at radius 1 is 1.05 bits per heavy atom. The molecule has 0 atom stereocenters. The van der Waals surface area contributed by atoms with E-state index in [1.54, 1.807) is 24.3 Å². The number of unbranched alkanes of at least 4 members (excludes halogenated alkanes) is 6. The van der Waals surface area contributed by atoms with Gasteiger partial charge in [0.1, 0.15) is 0 Å². The molecule has 104 valence electrons. The third-order valence-corrected chi connectivity index (χ3v) is 3.14. The van der Waals surface area contributed by atoms with Crippen molar-refractivity contribution in [3.63, 3.8) is 0 Å². The van der Waals surface area contributed by atoms with Crippen molar-refractivity contribution in [2.24, 2.45) is 0 Å². The van der Waals surface area contributed by atoms with Gasteiger partial charge in [-0.25, -0.2) is 0 Å². The summed E-state index contributed by atoms with van der Waals surface area (Å²) in [5.74, 6) is 0. The highest BCUT2D eigenvalue weighted by Crippen LogP contribution is 2.13. The first-order valence-electron chi connectivity index (χ1n) is 7.15. The smallest absolute Gasteiger partial charge is 0.258 e. The van der Waals surface area contributed by atoms with Gasteiger partial charge in [-0.05, 0) is 30.5 Å². The molecular formula is C16H23NO2. The van der Waals surface area contributed by atoms with E-state index in [4.69, 9.17) is 0 Å². The second-order valence-electron chi connectivity index (χ2n) is 4.81. The molecule has 0 unspecified atom stereocenters. The van der Waals surface area contributed by atoms with Crippen molar-refractivity contribution in [3.8, 4) is 0 Å². The molecule has 0 spiro atoms. The van der Waals surface area contributed by atoms with Crippen LogP contribution in [0.5, 0.6) is 0 Å². The summed E-state index contributed by atoms with van der Waals surface area (Å²) in [5, 5.41) is 10.5. The van der Waals surface area contributed by atoms with E-state index in [1.807, 2.05) is 6.08 Å². The lowest BCUT2D eigenvalue weighted by Gasteiger charge is -1.98. The van der Waals surface area contributed by atoms with Crippen LogP contribution in [0.4, 0.5) is 5.69 Å². The Kier molecular flexibility index (Phi) is 7.56. The topological polar surface area (TPSA) is 43.1 Å². The third kappa shape index (κ3) is 6.75. The van der Waals surface area contributed by atoms with E-state index >= 15 is 0 Å². The zero-order valence-corrected chi connectivity index (χ0v) is 11.7. The van der Waals surface area contributed by atoms with Gasteiger partial charge in [0, 0.05) is 12.1 Å². The van der Waals surface area contributed by atoms with Crippen LogP contribution in [0.3, 0.4) is 0 Å². The first kappa shape index (κ1) is 15.4. The summed E-state index contributed by atoms with van der Waals surface area (Å²) in [7, 11) is 0. The Morgan fingerprint density at radius 3 is 2.32 bits per heavy atom. The van der Waals surface area contributed by atoms with Gasteiger partial charge in [0.25, 0.3) is 5.69 Å². The summed E-state index contributed by atoms with van der Waals surface area (Å²) in [5.41, 5.74) is 1.17. The zero-order valence-electron chi connectivity index (χ0n) is 11.7. The molecule has 19 heavy (non-hydrogen) atoms. The highest BCUT2D eigenvalue weighted by atomic mass is 16.6. The van der Waals surface area contributed by atoms with Gasteiger partial charge in [-0.3, -0.25) is 10.1 Å². The number of rotatable bonds is 9. The quantitative estimate of drug-likeness (QED) is 0.341. The van der Waals surface area contributed by atoms with Gasteiger partial charge in [0.05, 0.1) is 4.92 Å². The molecule has 0 fully saturated rings. The van der Waals surface area contributed by atoms with Crippen molar-refractivity contribution in [1.29, 1.82) is 0 Å². The van der Waals surface area contributed by atoms with Crippen LogP contribution in [0.2, 0.25) is 0 Å². The largest absolute Gasteiger partial charge is 0.269 e. The lowest BCUT2D eigenvalue weighted by atomic mass is 10.1. The summed E-state index contributed by atoms with van der Waals surface area (Å²) in [6.45, 7) is 2.23. The summed E-state index contributed by atoms with van der Waals surface area (Å²) >= 11 is 0. The Labute approximate surface area is 115 Å². The van der Waals surface area contributed by atoms with Crippen molar-refractivity contribution in [2.45, 2.75) is 51.9 Å². The van der Waals surface area contributed by atoms with E-state index < -0.39 is 0 Å². The lowest BCUT2D eigenvalue weighted by molar-refractivity contribution is -0.384. The minimum absolute atomic E-state index is 0.146. The van der Waals surface area contributed by atoms with E-state index in [-0.39, 0.29) is 10.6 Å². The minimum atomic E-state index is -0.371. The number of benzene rings is 1. The number of nitro benzene ring substituents is 1. The van der Waals surface area contributed by atoms with Crippen LogP contribution < -0.4 is 0 Å². The molecular weight excluding hydrogens is 238 g/mol. The molecule has 0 saturated heterocycles. The number of hydrogen-bond acceptors (Lipinski definition) is 2. The van der Waals surface area contributed by atoms with Crippen LogP contribution in [-0.2, 0) is 0 Å². The van der Waals surface area contributed by atoms with Crippen LogP contribution in [0, 0.1) is 10.1 Å². The fraction of sp³-hybridized carbons (Fsp3) is 0.500. The number of hydrogen-bond donors (Lipinski definition) is 0. The van der Waals surface area contributed by atoms with Crippen molar-refractivity contribution in [1.82, 2.24) is 0 Å². The standard InChI is InChI=1S/C16H23NO2/c1-2-3-4-5-6-7-8-9-10-15-11-13-16(14-12-15)17(18)19/h9-14H,2-8H2,1H3. The Hall–Kier alpha value is -1.64. The van der Waals surface area contributed by atoms with Gasteiger partial charge in [0.15, 0.2) is 0 Å². The number of nitro groups is 1. The maximum atomic E-state index is 10.5. The summed E-state index contributed by atoms with van der Waals surface area (Å²) in [6, 6.07) is 6.67. The second kappa shape index (κ2) is 9.31. The fourth-order valence-corrected chi connectivity index (χ4v) is 1.97. The van der Waals surface area contributed by atoms with E-state index in [1.165, 1.54) is 38.5 Å². The normalized spacial score (nSPS) is 11.0. The molecule has 0 aliphatic heterocycles. The van der Waals surface area contributed by atoms with E-state index in [9.17, 15) is 10.1 Å². The summed E-state index contributed by atoms with van der Waals surface area (Å²) in [4.78, 5) is 10.1. The van der Waals surface area contributed by atoms with Crippen LogP contribution >= 0.6 is 0 Å². The van der Waals surface area contributed by atoms with Gasteiger partial charge >= 0.3 is 0 Å². The number of allylic oxidation sites excluding steroid dienone is 1. The van der Waals surface area contributed by atoms with E-state index in [0.29, 0.717) is 0 Å². The lowest BCUT2D eigenvalue weighted by Crippen LogP contribution is -1.86. The fourth-order valence-electron chi connectivity index (χ4n) is 1.97. The van der Waals surface area contributed by atoms with Gasteiger partial charge in [-0.15, -0.1) is 0 Å². The maximum absolute atomic E-state index is 10.5. The van der Waals surface area contributed by atoms with E-state index in [0.717, 1.165) is 12.0 Å². The average Bonchev–Trinajstić information content (AvgIpc) is 2.42. The number of nitrogens with zero attached hydrogens (tertiary/aromatic N) is 1. The van der Waals surface area contributed by atoms with Crippen LogP contribution in [-0.4, -0.2) is 4.92 Å². The molecule has 0 aliphatic rings. The van der Waals surface area contributed by atoms with Crippen molar-refractivity contribution < 1.29 is 4.92 Å². The molecule has 1 aromatic carbocycles. The predicted molar refractivity (Wildman–Crippen MR) is 80.1 cm³/mol.